The second-order valence-corrected chi connectivity index (χ2v) is 12.2. The van der Waals surface area contributed by atoms with Gasteiger partial charge in [-0.1, -0.05) is 29.8 Å². The first kappa shape index (κ1) is 27.1. The summed E-state index contributed by atoms with van der Waals surface area (Å²) in [6, 6.07) is 16.9. The predicted molar refractivity (Wildman–Crippen MR) is 145 cm³/mol. The van der Waals surface area contributed by atoms with Crippen LogP contribution >= 0.6 is 11.6 Å². The van der Waals surface area contributed by atoms with Gasteiger partial charge >= 0.3 is 5.97 Å². The Hall–Kier alpha value is -3.47. The van der Waals surface area contributed by atoms with Crippen molar-refractivity contribution in [2.75, 3.05) is 30.5 Å². The summed E-state index contributed by atoms with van der Waals surface area (Å²) in [4.78, 5) is 26.1. The van der Waals surface area contributed by atoms with E-state index in [1.54, 1.807) is 30.3 Å². The van der Waals surface area contributed by atoms with E-state index in [-0.39, 0.29) is 30.4 Å². The number of likely N-dealkylation sites (tertiary alicyclic amines) is 1. The maximum Gasteiger partial charge on any atom is 0.317 e. The van der Waals surface area contributed by atoms with Crippen LogP contribution in [0.2, 0.25) is 5.02 Å². The molecule has 2 aliphatic heterocycles. The molecule has 8 nitrogen and oxygen atoms in total. The Morgan fingerprint density at radius 3 is 2.38 bits per heavy atom. The fraction of sp³-hybridized carbons (Fsp3) is 0.286. The summed E-state index contributed by atoms with van der Waals surface area (Å²) in [5.41, 5.74) is 1.75. The number of sulfonamides is 1. The zero-order valence-corrected chi connectivity index (χ0v) is 22.5. The number of nitrogens with one attached hydrogen (secondary N) is 1. The van der Waals surface area contributed by atoms with Gasteiger partial charge in [0.1, 0.15) is 5.82 Å². The van der Waals surface area contributed by atoms with Gasteiger partial charge in [0.15, 0.2) is 0 Å². The largest absolute Gasteiger partial charge is 0.480 e. The van der Waals surface area contributed by atoms with Crippen LogP contribution in [0, 0.1) is 5.82 Å². The molecule has 5 rings (SSSR count). The number of nitrogens with zero attached hydrogens (tertiary/aromatic N) is 2. The monoisotopic (exact) mass is 571 g/mol. The molecule has 0 bridgehead atoms. The van der Waals surface area contributed by atoms with Gasteiger partial charge in [-0.3, -0.25) is 18.8 Å². The summed E-state index contributed by atoms with van der Waals surface area (Å²) in [6.07, 6.45) is 1.04. The Labute approximate surface area is 231 Å². The first-order chi connectivity index (χ1) is 18.6. The zero-order chi connectivity index (χ0) is 27.8. The van der Waals surface area contributed by atoms with Crippen LogP contribution in [-0.2, 0) is 26.8 Å². The van der Waals surface area contributed by atoms with Crippen LogP contribution < -0.4 is 9.62 Å². The fourth-order valence-electron chi connectivity index (χ4n) is 5.39. The molecule has 0 atom stereocenters. The number of piperidine rings is 1. The Kier molecular flexibility index (Phi) is 7.37. The van der Waals surface area contributed by atoms with Crippen molar-refractivity contribution in [2.45, 2.75) is 29.7 Å². The molecule has 3 aromatic rings. The molecule has 204 valence electrons. The van der Waals surface area contributed by atoms with Crippen molar-refractivity contribution in [1.29, 1.82) is 0 Å². The molecule has 39 heavy (non-hydrogen) atoms. The first-order valence-corrected chi connectivity index (χ1v) is 14.3. The number of rotatable bonds is 7. The van der Waals surface area contributed by atoms with Crippen LogP contribution in [0.5, 0.6) is 0 Å². The topological polar surface area (TPSA) is 107 Å². The molecule has 3 aromatic carbocycles. The third kappa shape index (κ3) is 5.36. The molecule has 0 unspecified atom stereocenters. The second kappa shape index (κ2) is 10.6. The van der Waals surface area contributed by atoms with E-state index >= 15 is 0 Å². The van der Waals surface area contributed by atoms with Crippen LogP contribution in [0.3, 0.4) is 0 Å². The Balaban J connectivity index is 1.48. The molecule has 1 spiro atoms. The molecule has 0 saturated carbocycles. The van der Waals surface area contributed by atoms with E-state index in [1.165, 1.54) is 16.4 Å². The first-order valence-electron chi connectivity index (χ1n) is 12.5. The maximum absolute atomic E-state index is 13.7. The van der Waals surface area contributed by atoms with Crippen LogP contribution in [-0.4, -0.2) is 56.5 Å². The standard InChI is InChI=1S/C28H27ClFN3O5S/c29-24-4-2-1-3-20(24)16-31-27(36)19-5-10-25-23(15-19)28(11-13-32(14-12-28)17-26(34)35)18-33(25)39(37,38)22-8-6-21(30)7-9-22/h1-10,15H,11-14,16-18H2,(H,31,36)(H,34,35). The molecule has 0 aliphatic carbocycles. The van der Waals surface area contributed by atoms with Gasteiger partial charge in [-0.05, 0) is 85.6 Å². The highest BCUT2D eigenvalue weighted by Gasteiger charge is 2.48. The Morgan fingerprint density at radius 2 is 1.72 bits per heavy atom. The zero-order valence-electron chi connectivity index (χ0n) is 20.9. The lowest BCUT2D eigenvalue weighted by atomic mass is 9.74. The number of halogens is 2. The van der Waals surface area contributed by atoms with E-state index in [0.29, 0.717) is 42.2 Å². The van der Waals surface area contributed by atoms with Crippen molar-refractivity contribution in [3.63, 3.8) is 0 Å². The van der Waals surface area contributed by atoms with Crippen molar-refractivity contribution in [1.82, 2.24) is 10.2 Å². The van der Waals surface area contributed by atoms with Gasteiger partial charge in [0.2, 0.25) is 0 Å². The van der Waals surface area contributed by atoms with Gasteiger partial charge in [-0.25, -0.2) is 12.8 Å². The van der Waals surface area contributed by atoms with Gasteiger partial charge in [0, 0.05) is 29.1 Å². The second-order valence-electron chi connectivity index (χ2n) is 9.92. The Morgan fingerprint density at radius 1 is 1.03 bits per heavy atom. The minimum absolute atomic E-state index is 0.0308. The Bertz CT molecular complexity index is 1520. The van der Waals surface area contributed by atoms with E-state index in [1.807, 2.05) is 17.0 Å². The summed E-state index contributed by atoms with van der Waals surface area (Å²) < 4.78 is 42.2. The van der Waals surface area contributed by atoms with Gasteiger partial charge in [-0.2, -0.15) is 0 Å². The molecular formula is C28H27ClFN3O5S. The van der Waals surface area contributed by atoms with Gasteiger partial charge < -0.3 is 10.4 Å². The average molecular weight is 572 g/mol. The molecule has 1 saturated heterocycles. The third-order valence-electron chi connectivity index (χ3n) is 7.52. The highest BCUT2D eigenvalue weighted by atomic mass is 35.5. The average Bonchev–Trinajstić information content (AvgIpc) is 3.23. The predicted octanol–water partition coefficient (Wildman–Crippen LogP) is 4.04. The molecule has 11 heteroatoms. The number of benzene rings is 3. The number of carboxylic acid groups (broad SMARTS) is 1. The normalized spacial score (nSPS) is 16.7. The lowest BCUT2D eigenvalue weighted by molar-refractivity contribution is -0.138. The number of carbonyl (C=O) groups excluding carboxylic acids is 1. The summed E-state index contributed by atoms with van der Waals surface area (Å²) in [5, 5.41) is 12.6. The number of aliphatic carboxylic acids is 1. The van der Waals surface area contributed by atoms with Crippen molar-refractivity contribution in [3.8, 4) is 0 Å². The summed E-state index contributed by atoms with van der Waals surface area (Å²) in [6.45, 7) is 1.23. The highest BCUT2D eigenvalue weighted by molar-refractivity contribution is 7.92. The lowest BCUT2D eigenvalue weighted by Crippen LogP contribution is -2.47. The smallest absolute Gasteiger partial charge is 0.317 e. The molecule has 2 N–H and O–H groups in total. The molecule has 1 fully saturated rings. The number of hydrogen-bond acceptors (Lipinski definition) is 5. The number of amides is 1. The SMILES string of the molecule is O=C(O)CN1CCC2(CC1)CN(S(=O)(=O)c1ccc(F)cc1)c1ccc(C(=O)NCc3ccccc3Cl)cc12. The summed E-state index contributed by atoms with van der Waals surface area (Å²) in [5.74, 6) is -1.78. The number of anilines is 1. The van der Waals surface area contributed by atoms with E-state index in [4.69, 9.17) is 11.6 Å². The number of carboxylic acids is 1. The quantitative estimate of drug-likeness (QED) is 0.443. The van der Waals surface area contributed by atoms with Crippen LogP contribution in [0.25, 0.3) is 0 Å². The van der Waals surface area contributed by atoms with Gasteiger partial charge in [0.05, 0.1) is 17.1 Å². The van der Waals surface area contributed by atoms with Gasteiger partial charge in [0.25, 0.3) is 15.9 Å². The molecule has 2 heterocycles. The van der Waals surface area contributed by atoms with Crippen molar-refractivity contribution in [2.24, 2.45) is 0 Å². The van der Waals surface area contributed by atoms with Crippen molar-refractivity contribution >= 4 is 39.2 Å². The van der Waals surface area contributed by atoms with Gasteiger partial charge in [-0.15, -0.1) is 0 Å². The van der Waals surface area contributed by atoms with Crippen LogP contribution in [0.1, 0.15) is 34.3 Å². The van der Waals surface area contributed by atoms with Crippen molar-refractivity contribution < 1.29 is 27.5 Å². The maximum atomic E-state index is 13.7. The number of fused-ring (bicyclic) bond motifs is 2. The minimum atomic E-state index is -4.02. The lowest BCUT2D eigenvalue weighted by Gasteiger charge is -2.39. The number of hydrogen-bond donors (Lipinski definition) is 2. The molecule has 0 radical (unpaired) electrons. The van der Waals surface area contributed by atoms with Crippen LogP contribution in [0.4, 0.5) is 10.1 Å². The highest BCUT2D eigenvalue weighted by Crippen LogP contribution is 2.49. The molecule has 0 aromatic heterocycles. The van der Waals surface area contributed by atoms with Crippen molar-refractivity contribution in [3.05, 3.63) is 94.3 Å². The van der Waals surface area contributed by atoms with E-state index in [9.17, 15) is 27.5 Å². The summed E-state index contributed by atoms with van der Waals surface area (Å²) >= 11 is 6.21. The molecule has 2 aliphatic rings. The fourth-order valence-corrected chi connectivity index (χ4v) is 7.16. The third-order valence-corrected chi connectivity index (χ3v) is 9.66. The van der Waals surface area contributed by atoms with E-state index in [2.05, 4.69) is 5.32 Å². The minimum Gasteiger partial charge on any atom is -0.480 e. The van der Waals surface area contributed by atoms with E-state index < -0.39 is 27.2 Å². The molecular weight excluding hydrogens is 545 g/mol. The van der Waals surface area contributed by atoms with Crippen LogP contribution in [0.15, 0.2) is 71.6 Å². The van der Waals surface area contributed by atoms with E-state index in [0.717, 1.165) is 23.3 Å². The molecule has 1 amide bonds. The summed E-state index contributed by atoms with van der Waals surface area (Å²) in [7, 11) is -4.02. The number of carbonyl (C=O) groups is 2.